The van der Waals surface area contributed by atoms with Gasteiger partial charge in [0.25, 0.3) is 0 Å². The molecular weight excluding hydrogens is 252 g/mol. The lowest BCUT2D eigenvalue weighted by Crippen LogP contribution is -2.58. The molecule has 4 atom stereocenters. The highest BCUT2D eigenvalue weighted by molar-refractivity contribution is 5.38. The largest absolute Gasteiger partial charge is 0.492 e. The molecule has 1 saturated carbocycles. The Kier molecular flexibility index (Phi) is 3.17. The van der Waals surface area contributed by atoms with E-state index in [1.807, 2.05) is 18.2 Å². The molecule has 2 N–H and O–H groups in total. The molecular formula is C16H22N2O2. The summed E-state index contributed by atoms with van der Waals surface area (Å²) in [4.78, 5) is 2.56. The molecule has 0 spiro atoms. The normalized spacial score (nSPS) is 37.0. The predicted molar refractivity (Wildman–Crippen MR) is 76.7 cm³/mol. The second-order valence-electron chi connectivity index (χ2n) is 6.09. The van der Waals surface area contributed by atoms with Crippen molar-refractivity contribution in [1.82, 2.24) is 4.90 Å². The number of hydrogen-bond donors (Lipinski definition) is 1. The van der Waals surface area contributed by atoms with E-state index in [0.717, 1.165) is 24.5 Å². The maximum absolute atomic E-state index is 6.54. The van der Waals surface area contributed by atoms with Crippen molar-refractivity contribution in [3.8, 4) is 5.75 Å². The number of para-hydroxylation sites is 1. The van der Waals surface area contributed by atoms with Crippen LogP contribution < -0.4 is 10.5 Å². The number of hydrogen-bond acceptors (Lipinski definition) is 4. The van der Waals surface area contributed by atoms with E-state index < -0.39 is 0 Å². The average molecular weight is 274 g/mol. The van der Waals surface area contributed by atoms with Gasteiger partial charge in [0.2, 0.25) is 0 Å². The van der Waals surface area contributed by atoms with Crippen LogP contribution in [0.25, 0.3) is 0 Å². The lowest BCUT2D eigenvalue weighted by atomic mass is 9.94. The van der Waals surface area contributed by atoms with Gasteiger partial charge in [-0.3, -0.25) is 4.90 Å². The molecule has 0 bridgehead atoms. The summed E-state index contributed by atoms with van der Waals surface area (Å²) in [5.41, 5.74) is 7.69. The first-order valence-electron chi connectivity index (χ1n) is 7.69. The first kappa shape index (κ1) is 12.6. The van der Waals surface area contributed by atoms with E-state index in [0.29, 0.717) is 18.8 Å². The fourth-order valence-corrected chi connectivity index (χ4v) is 4.04. The topological polar surface area (TPSA) is 47.7 Å². The van der Waals surface area contributed by atoms with Crippen LogP contribution in [-0.4, -0.2) is 42.8 Å². The third kappa shape index (κ3) is 1.94. The number of fused-ring (bicyclic) bond motifs is 2. The van der Waals surface area contributed by atoms with Gasteiger partial charge in [0.1, 0.15) is 12.4 Å². The predicted octanol–water partition coefficient (Wildman–Crippen LogP) is 1.70. The fourth-order valence-electron chi connectivity index (χ4n) is 4.04. The SMILES string of the molecule is NC1c2ccccc2OCC1N1CCOC2CCCC21. The van der Waals surface area contributed by atoms with Gasteiger partial charge < -0.3 is 15.2 Å². The Bertz CT molecular complexity index is 493. The first-order valence-corrected chi connectivity index (χ1v) is 7.69. The van der Waals surface area contributed by atoms with Crippen molar-refractivity contribution in [2.45, 2.75) is 43.5 Å². The number of benzene rings is 1. The van der Waals surface area contributed by atoms with Gasteiger partial charge in [-0.05, 0) is 25.3 Å². The minimum absolute atomic E-state index is 0.0410. The second-order valence-corrected chi connectivity index (χ2v) is 6.09. The molecule has 4 rings (SSSR count). The Balaban J connectivity index is 1.60. The zero-order chi connectivity index (χ0) is 13.5. The smallest absolute Gasteiger partial charge is 0.124 e. The zero-order valence-corrected chi connectivity index (χ0v) is 11.7. The quantitative estimate of drug-likeness (QED) is 0.847. The highest BCUT2D eigenvalue weighted by Gasteiger charge is 2.42. The van der Waals surface area contributed by atoms with Crippen molar-refractivity contribution in [3.05, 3.63) is 29.8 Å². The summed E-state index contributed by atoms with van der Waals surface area (Å²) >= 11 is 0. The molecule has 3 aliphatic rings. The Hall–Kier alpha value is -1.10. The third-order valence-electron chi connectivity index (χ3n) is 5.05. The minimum Gasteiger partial charge on any atom is -0.492 e. The summed E-state index contributed by atoms with van der Waals surface area (Å²) in [6, 6.07) is 9.02. The van der Waals surface area contributed by atoms with Crippen LogP contribution in [-0.2, 0) is 4.74 Å². The second kappa shape index (κ2) is 5.02. The van der Waals surface area contributed by atoms with Crippen molar-refractivity contribution in [2.24, 2.45) is 5.73 Å². The highest BCUT2D eigenvalue weighted by atomic mass is 16.5. The molecule has 0 radical (unpaired) electrons. The maximum atomic E-state index is 6.54. The molecule has 4 unspecified atom stereocenters. The van der Waals surface area contributed by atoms with Crippen molar-refractivity contribution in [2.75, 3.05) is 19.8 Å². The van der Waals surface area contributed by atoms with E-state index in [1.54, 1.807) is 0 Å². The number of morpholine rings is 1. The summed E-state index contributed by atoms with van der Waals surface area (Å²) in [7, 11) is 0. The van der Waals surface area contributed by atoms with E-state index in [4.69, 9.17) is 15.2 Å². The van der Waals surface area contributed by atoms with Crippen LogP contribution in [0.5, 0.6) is 5.75 Å². The lowest BCUT2D eigenvalue weighted by Gasteiger charge is -2.46. The van der Waals surface area contributed by atoms with Crippen molar-refractivity contribution < 1.29 is 9.47 Å². The van der Waals surface area contributed by atoms with Gasteiger partial charge in [0.15, 0.2) is 0 Å². The summed E-state index contributed by atoms with van der Waals surface area (Å²) < 4.78 is 11.9. The van der Waals surface area contributed by atoms with Crippen molar-refractivity contribution in [1.29, 1.82) is 0 Å². The molecule has 2 aliphatic heterocycles. The lowest BCUT2D eigenvalue weighted by molar-refractivity contribution is -0.0837. The van der Waals surface area contributed by atoms with Crippen LogP contribution in [0, 0.1) is 0 Å². The molecule has 4 nitrogen and oxygen atoms in total. The van der Waals surface area contributed by atoms with Crippen molar-refractivity contribution >= 4 is 0 Å². The first-order chi connectivity index (χ1) is 9.84. The Morgan fingerprint density at radius 2 is 2.05 bits per heavy atom. The van der Waals surface area contributed by atoms with E-state index in [1.165, 1.54) is 19.3 Å². The van der Waals surface area contributed by atoms with Crippen molar-refractivity contribution in [3.63, 3.8) is 0 Å². The highest BCUT2D eigenvalue weighted by Crippen LogP contribution is 2.37. The summed E-state index contributed by atoms with van der Waals surface area (Å²) in [5.74, 6) is 0.951. The van der Waals surface area contributed by atoms with Crippen LogP contribution in [0.4, 0.5) is 0 Å². The van der Waals surface area contributed by atoms with Gasteiger partial charge in [0.05, 0.1) is 24.8 Å². The van der Waals surface area contributed by atoms with E-state index in [2.05, 4.69) is 11.0 Å². The van der Waals surface area contributed by atoms with Crippen LogP contribution in [0.2, 0.25) is 0 Å². The van der Waals surface area contributed by atoms with Gasteiger partial charge in [0, 0.05) is 18.2 Å². The molecule has 1 aromatic carbocycles. The Morgan fingerprint density at radius 3 is 3.00 bits per heavy atom. The molecule has 1 aliphatic carbocycles. The van der Waals surface area contributed by atoms with Gasteiger partial charge in [-0.2, -0.15) is 0 Å². The Labute approximate surface area is 119 Å². The molecule has 0 amide bonds. The molecule has 1 saturated heterocycles. The molecule has 2 fully saturated rings. The van der Waals surface area contributed by atoms with Crippen LogP contribution >= 0.6 is 0 Å². The third-order valence-corrected chi connectivity index (χ3v) is 5.05. The van der Waals surface area contributed by atoms with Crippen LogP contribution in [0.3, 0.4) is 0 Å². The van der Waals surface area contributed by atoms with E-state index in [9.17, 15) is 0 Å². The zero-order valence-electron chi connectivity index (χ0n) is 11.7. The van der Waals surface area contributed by atoms with Crippen LogP contribution in [0.15, 0.2) is 24.3 Å². The molecule has 108 valence electrons. The minimum atomic E-state index is 0.0410. The van der Waals surface area contributed by atoms with Gasteiger partial charge in [-0.1, -0.05) is 18.2 Å². The Morgan fingerprint density at radius 1 is 1.15 bits per heavy atom. The maximum Gasteiger partial charge on any atom is 0.124 e. The molecule has 1 aromatic rings. The van der Waals surface area contributed by atoms with Crippen LogP contribution in [0.1, 0.15) is 30.9 Å². The van der Waals surface area contributed by atoms with Gasteiger partial charge in [-0.25, -0.2) is 0 Å². The fraction of sp³-hybridized carbons (Fsp3) is 0.625. The molecule has 4 heteroatoms. The molecule has 0 aromatic heterocycles. The summed E-state index contributed by atoms with van der Waals surface area (Å²) in [6.07, 6.45) is 4.11. The van der Waals surface area contributed by atoms with Gasteiger partial charge >= 0.3 is 0 Å². The molecule has 20 heavy (non-hydrogen) atoms. The number of rotatable bonds is 1. The summed E-state index contributed by atoms with van der Waals surface area (Å²) in [5, 5.41) is 0. The standard InChI is InChI=1S/C16H22N2O2/c17-16-11-4-1-2-6-14(11)20-10-13(16)18-8-9-19-15-7-3-5-12(15)18/h1-2,4,6,12-13,15-16H,3,5,7-10,17H2. The van der Waals surface area contributed by atoms with Gasteiger partial charge in [-0.15, -0.1) is 0 Å². The monoisotopic (exact) mass is 274 g/mol. The number of nitrogens with two attached hydrogens (primary N) is 1. The van der Waals surface area contributed by atoms with E-state index >= 15 is 0 Å². The molecule has 2 heterocycles. The average Bonchev–Trinajstić information content (AvgIpc) is 2.97. The number of nitrogens with zero attached hydrogens (tertiary/aromatic N) is 1. The number of ether oxygens (including phenoxy) is 2. The summed E-state index contributed by atoms with van der Waals surface area (Å²) in [6.45, 7) is 2.50. The van der Waals surface area contributed by atoms with E-state index in [-0.39, 0.29) is 12.1 Å².